The fraction of sp³-hybridized carbons (Fsp3) is 0.526. The zero-order valence-corrected chi connectivity index (χ0v) is 14.5. The molecule has 25 heavy (non-hydrogen) atoms. The minimum Gasteiger partial charge on any atom is -0.484 e. The van der Waals surface area contributed by atoms with Crippen molar-refractivity contribution in [1.29, 1.82) is 0 Å². The molecule has 0 spiro atoms. The van der Waals surface area contributed by atoms with E-state index in [4.69, 9.17) is 4.74 Å². The molecule has 3 rings (SSSR count). The second-order valence-corrected chi connectivity index (χ2v) is 6.73. The van der Waals surface area contributed by atoms with Gasteiger partial charge >= 0.3 is 0 Å². The van der Waals surface area contributed by atoms with Crippen LogP contribution >= 0.6 is 0 Å². The number of carbonyl (C=O) groups excluding carboxylic acids is 3. The van der Waals surface area contributed by atoms with Crippen LogP contribution < -0.4 is 10.1 Å². The maximum Gasteiger partial charge on any atom is 0.258 e. The summed E-state index contributed by atoms with van der Waals surface area (Å²) in [4.78, 5) is 37.0. The number of likely N-dealkylation sites (tertiary alicyclic amines) is 1. The first kappa shape index (κ1) is 17.5. The highest BCUT2D eigenvalue weighted by molar-refractivity contribution is 5.98. The molecule has 2 aliphatic rings. The number of aryl methyl sites for hydroxylation is 1. The fourth-order valence-electron chi connectivity index (χ4n) is 3.47. The Morgan fingerprint density at radius 2 is 2.00 bits per heavy atom. The molecule has 1 aromatic carbocycles. The molecule has 1 aromatic rings. The molecular formula is C19H24N2O4. The van der Waals surface area contributed by atoms with Gasteiger partial charge in [0.15, 0.2) is 12.4 Å². The van der Waals surface area contributed by atoms with Crippen molar-refractivity contribution in [2.45, 2.75) is 45.1 Å². The number of nitrogens with zero attached hydrogens (tertiary/aromatic N) is 1. The van der Waals surface area contributed by atoms with Crippen LogP contribution in [0.25, 0.3) is 0 Å². The molecule has 1 saturated heterocycles. The van der Waals surface area contributed by atoms with Crippen LogP contribution in [0.3, 0.4) is 0 Å². The molecule has 1 heterocycles. The molecule has 1 fully saturated rings. The van der Waals surface area contributed by atoms with Crippen molar-refractivity contribution in [3.8, 4) is 5.75 Å². The highest BCUT2D eigenvalue weighted by atomic mass is 16.5. The molecule has 1 N–H and O–H groups in total. The normalized spacial score (nSPS) is 17.8. The van der Waals surface area contributed by atoms with Crippen molar-refractivity contribution in [2.24, 2.45) is 0 Å². The average Bonchev–Trinajstić information content (AvgIpc) is 2.60. The van der Waals surface area contributed by atoms with E-state index in [1.165, 1.54) is 0 Å². The molecule has 2 amide bonds. The molecule has 6 heteroatoms. The van der Waals surface area contributed by atoms with Gasteiger partial charge in [0, 0.05) is 38.0 Å². The van der Waals surface area contributed by atoms with Crippen molar-refractivity contribution in [3.05, 3.63) is 29.3 Å². The van der Waals surface area contributed by atoms with Gasteiger partial charge in [-0.2, -0.15) is 0 Å². The van der Waals surface area contributed by atoms with E-state index in [9.17, 15) is 14.4 Å². The summed E-state index contributed by atoms with van der Waals surface area (Å²) in [5.74, 6) is 0.728. The van der Waals surface area contributed by atoms with Gasteiger partial charge in [0.2, 0.25) is 5.91 Å². The Morgan fingerprint density at radius 1 is 1.24 bits per heavy atom. The second-order valence-electron chi connectivity index (χ2n) is 6.73. The van der Waals surface area contributed by atoms with E-state index < -0.39 is 0 Å². The number of hydrogen-bond donors (Lipinski definition) is 1. The third-order valence-electron chi connectivity index (χ3n) is 4.90. The number of Topliss-reactive ketones (excluding diaryl/α,β-unsaturated/α-hetero) is 1. The third kappa shape index (κ3) is 4.38. The van der Waals surface area contributed by atoms with Crippen LogP contribution in [0.15, 0.2) is 18.2 Å². The number of carbonyl (C=O) groups is 3. The first-order chi connectivity index (χ1) is 12.0. The molecule has 134 valence electrons. The first-order valence-corrected chi connectivity index (χ1v) is 8.87. The minimum atomic E-state index is -0.157. The lowest BCUT2D eigenvalue weighted by Gasteiger charge is -2.31. The lowest BCUT2D eigenvalue weighted by atomic mass is 9.91. The highest BCUT2D eigenvalue weighted by Gasteiger charge is 2.22. The van der Waals surface area contributed by atoms with Crippen LogP contribution in [-0.2, 0) is 16.0 Å². The zero-order chi connectivity index (χ0) is 17.8. The number of amides is 2. The van der Waals surface area contributed by atoms with Crippen LogP contribution in [0.5, 0.6) is 5.75 Å². The number of rotatable bonds is 4. The molecule has 6 nitrogen and oxygen atoms in total. The summed E-state index contributed by atoms with van der Waals surface area (Å²) in [5.41, 5.74) is 1.78. The van der Waals surface area contributed by atoms with Gasteiger partial charge in [-0.1, -0.05) is 0 Å². The predicted octanol–water partition coefficient (Wildman–Crippen LogP) is 1.71. The SMILES string of the molecule is CC(=O)N1CCC(NC(=O)COc2ccc3c(c2)CCCC3=O)CC1. The Hall–Kier alpha value is -2.37. The molecule has 0 unspecified atom stereocenters. The van der Waals surface area contributed by atoms with Gasteiger partial charge in [-0.15, -0.1) is 0 Å². The Bertz CT molecular complexity index is 678. The number of ketones is 1. The summed E-state index contributed by atoms with van der Waals surface area (Å²) in [7, 11) is 0. The summed E-state index contributed by atoms with van der Waals surface area (Å²) in [5, 5.41) is 2.96. The van der Waals surface area contributed by atoms with Crippen molar-refractivity contribution >= 4 is 17.6 Å². The summed E-state index contributed by atoms with van der Waals surface area (Å²) in [6.07, 6.45) is 3.89. The van der Waals surface area contributed by atoms with Gasteiger partial charge < -0.3 is 15.0 Å². The van der Waals surface area contributed by atoms with Crippen LogP contribution in [0.1, 0.15) is 48.5 Å². The van der Waals surface area contributed by atoms with E-state index in [2.05, 4.69) is 5.32 Å². The smallest absolute Gasteiger partial charge is 0.258 e. The molecule has 0 saturated carbocycles. The van der Waals surface area contributed by atoms with Crippen molar-refractivity contribution < 1.29 is 19.1 Å². The minimum absolute atomic E-state index is 0.0420. The van der Waals surface area contributed by atoms with Gasteiger partial charge in [0.25, 0.3) is 5.91 Å². The molecule has 0 radical (unpaired) electrons. The van der Waals surface area contributed by atoms with E-state index in [0.717, 1.165) is 36.8 Å². The van der Waals surface area contributed by atoms with Gasteiger partial charge in [-0.25, -0.2) is 0 Å². The van der Waals surface area contributed by atoms with E-state index in [-0.39, 0.29) is 30.2 Å². The van der Waals surface area contributed by atoms with Crippen LogP contribution in [0.4, 0.5) is 0 Å². The van der Waals surface area contributed by atoms with Crippen LogP contribution in [0.2, 0.25) is 0 Å². The van der Waals surface area contributed by atoms with Gasteiger partial charge in [-0.05, 0) is 49.4 Å². The monoisotopic (exact) mass is 344 g/mol. The Kier molecular flexibility index (Phi) is 5.36. The van der Waals surface area contributed by atoms with E-state index >= 15 is 0 Å². The zero-order valence-electron chi connectivity index (χ0n) is 14.5. The van der Waals surface area contributed by atoms with Crippen molar-refractivity contribution in [3.63, 3.8) is 0 Å². The van der Waals surface area contributed by atoms with Gasteiger partial charge in [0.1, 0.15) is 5.75 Å². The number of fused-ring (bicyclic) bond motifs is 1. The molecule has 0 atom stereocenters. The van der Waals surface area contributed by atoms with Crippen LogP contribution in [0, 0.1) is 0 Å². The third-order valence-corrected chi connectivity index (χ3v) is 4.90. The highest BCUT2D eigenvalue weighted by Crippen LogP contribution is 2.25. The van der Waals surface area contributed by atoms with Crippen molar-refractivity contribution in [2.75, 3.05) is 19.7 Å². The molecule has 0 bridgehead atoms. The molecule has 0 aromatic heterocycles. The lowest BCUT2D eigenvalue weighted by molar-refractivity contribution is -0.130. The van der Waals surface area contributed by atoms with E-state index in [1.807, 2.05) is 6.07 Å². The summed E-state index contributed by atoms with van der Waals surface area (Å²) in [6.45, 7) is 2.89. The standard InChI is InChI=1S/C19H24N2O4/c1-13(22)21-9-7-15(8-10-21)20-19(24)12-25-16-5-6-17-14(11-16)3-2-4-18(17)23/h5-6,11,15H,2-4,7-10,12H2,1H3,(H,20,24). The molecule has 1 aliphatic heterocycles. The topological polar surface area (TPSA) is 75.7 Å². The maximum absolute atomic E-state index is 12.1. The predicted molar refractivity (Wildman–Crippen MR) is 92.6 cm³/mol. The second kappa shape index (κ2) is 7.68. The summed E-state index contributed by atoms with van der Waals surface area (Å²) < 4.78 is 5.58. The quantitative estimate of drug-likeness (QED) is 0.902. The maximum atomic E-state index is 12.1. The molecular weight excluding hydrogens is 320 g/mol. The van der Waals surface area contributed by atoms with E-state index in [0.29, 0.717) is 25.3 Å². The number of piperidine rings is 1. The Morgan fingerprint density at radius 3 is 2.72 bits per heavy atom. The van der Waals surface area contributed by atoms with Gasteiger partial charge in [0.05, 0.1) is 0 Å². The van der Waals surface area contributed by atoms with Gasteiger partial charge in [-0.3, -0.25) is 14.4 Å². The number of hydrogen-bond acceptors (Lipinski definition) is 4. The lowest BCUT2D eigenvalue weighted by Crippen LogP contribution is -2.47. The van der Waals surface area contributed by atoms with Crippen molar-refractivity contribution in [1.82, 2.24) is 10.2 Å². The average molecular weight is 344 g/mol. The number of ether oxygens (including phenoxy) is 1. The Balaban J connectivity index is 1.47. The number of benzene rings is 1. The summed E-state index contributed by atoms with van der Waals surface area (Å²) >= 11 is 0. The fourth-order valence-corrected chi connectivity index (χ4v) is 3.47. The van der Waals surface area contributed by atoms with E-state index in [1.54, 1.807) is 24.0 Å². The number of nitrogens with one attached hydrogen (secondary N) is 1. The molecule has 1 aliphatic carbocycles. The van der Waals surface area contributed by atoms with Crippen LogP contribution in [-0.4, -0.2) is 48.2 Å². The first-order valence-electron chi connectivity index (χ1n) is 8.87. The largest absolute Gasteiger partial charge is 0.484 e. The Labute approximate surface area is 147 Å². The summed E-state index contributed by atoms with van der Waals surface area (Å²) in [6, 6.07) is 5.50.